The molecular weight excluding hydrogens is 1350 g/mol. The molecule has 618 valence electrons. The number of unbranched alkanes of at least 4 members (excludes halogenated alkanes) is 47. The van der Waals surface area contributed by atoms with E-state index in [0.29, 0.717) is 31.6 Å². The molecule has 0 saturated heterocycles. The monoisotopic (exact) mass is 1520 g/mol. The van der Waals surface area contributed by atoms with Crippen molar-refractivity contribution in [2.75, 3.05) is 39.6 Å². The second-order valence-electron chi connectivity index (χ2n) is 32.2. The standard InChI is InChI=1S/C85H166O17P2/c1-9-78(8)64-56-48-39-33-27-23-19-15-11-13-17-21-25-29-35-42-51-59-67-84(89)101-80(71-95-82(87)65-57-49-40-36-30-32-38-46-54-62-76(4)5)73-99-103(91,92)97-69-79(86)70-98-104(93,94)100-74-81(72-96-83(88)66-58-50-44-43-47-55-63-77(6)7)102-85(90)68-60-52-41-34-28-24-20-16-12-10-14-18-22-26-31-37-45-53-61-75(2)3/h75-81,86H,9-74H2,1-8H3,(H,91,92)(H,93,94)/t78?,79?,80-,81-/m1/s1. The minimum Gasteiger partial charge on any atom is -0.462 e. The van der Waals surface area contributed by atoms with Gasteiger partial charge < -0.3 is 33.8 Å². The third-order valence-electron chi connectivity index (χ3n) is 20.2. The molecular formula is C85H166O17P2. The lowest BCUT2D eigenvalue weighted by molar-refractivity contribution is -0.161. The van der Waals surface area contributed by atoms with Crippen LogP contribution in [0.25, 0.3) is 0 Å². The van der Waals surface area contributed by atoms with E-state index in [-0.39, 0.29) is 25.7 Å². The van der Waals surface area contributed by atoms with Crippen molar-refractivity contribution in [3.8, 4) is 0 Å². The highest BCUT2D eigenvalue weighted by atomic mass is 31.2. The van der Waals surface area contributed by atoms with Crippen LogP contribution in [0, 0.1) is 23.7 Å². The van der Waals surface area contributed by atoms with Crippen molar-refractivity contribution in [1.29, 1.82) is 0 Å². The Bertz CT molecular complexity index is 2030. The van der Waals surface area contributed by atoms with Crippen molar-refractivity contribution in [2.24, 2.45) is 23.7 Å². The fraction of sp³-hybridized carbons (Fsp3) is 0.953. The van der Waals surface area contributed by atoms with Gasteiger partial charge in [-0.15, -0.1) is 0 Å². The van der Waals surface area contributed by atoms with E-state index < -0.39 is 97.5 Å². The number of esters is 4. The topological polar surface area (TPSA) is 237 Å². The number of hydrogen-bond acceptors (Lipinski definition) is 15. The Kier molecular flexibility index (Phi) is 72.5. The van der Waals surface area contributed by atoms with Gasteiger partial charge in [0.15, 0.2) is 12.2 Å². The number of ether oxygens (including phenoxy) is 4. The molecule has 0 rings (SSSR count). The lowest BCUT2D eigenvalue weighted by Gasteiger charge is -2.21. The molecule has 3 N–H and O–H groups in total. The van der Waals surface area contributed by atoms with Crippen molar-refractivity contribution < 1.29 is 80.2 Å². The molecule has 0 heterocycles. The van der Waals surface area contributed by atoms with Crippen LogP contribution < -0.4 is 0 Å². The predicted octanol–water partition coefficient (Wildman–Crippen LogP) is 25.6. The molecule has 0 spiro atoms. The Morgan fingerprint density at radius 2 is 0.462 bits per heavy atom. The van der Waals surface area contributed by atoms with Crippen LogP contribution in [0.5, 0.6) is 0 Å². The maximum atomic E-state index is 13.1. The average Bonchev–Trinajstić information content (AvgIpc) is 0.909. The molecule has 0 fully saturated rings. The number of aliphatic hydroxyl groups is 1. The Morgan fingerprint density at radius 1 is 0.269 bits per heavy atom. The fourth-order valence-corrected chi connectivity index (χ4v) is 14.7. The second kappa shape index (κ2) is 73.8. The van der Waals surface area contributed by atoms with Crippen LogP contribution >= 0.6 is 15.6 Å². The molecule has 4 unspecified atom stereocenters. The number of hydrogen-bond donors (Lipinski definition) is 3. The van der Waals surface area contributed by atoms with Crippen molar-refractivity contribution in [1.82, 2.24) is 0 Å². The summed E-state index contributed by atoms with van der Waals surface area (Å²) in [6.07, 6.45) is 62.8. The Hall–Kier alpha value is -1.94. The van der Waals surface area contributed by atoms with Crippen LogP contribution in [0.2, 0.25) is 0 Å². The molecule has 0 aliphatic rings. The summed E-state index contributed by atoms with van der Waals surface area (Å²) < 4.78 is 68.8. The number of aliphatic hydroxyl groups excluding tert-OH is 1. The first-order valence-corrected chi connectivity index (χ1v) is 46.7. The largest absolute Gasteiger partial charge is 0.472 e. The first kappa shape index (κ1) is 102. The minimum atomic E-state index is -4.96. The Balaban J connectivity index is 5.15. The molecule has 0 aliphatic heterocycles. The quantitative estimate of drug-likeness (QED) is 0.0222. The summed E-state index contributed by atoms with van der Waals surface area (Å²) in [6, 6.07) is 0. The second-order valence-corrected chi connectivity index (χ2v) is 35.2. The van der Waals surface area contributed by atoms with Gasteiger partial charge in [-0.3, -0.25) is 37.3 Å². The van der Waals surface area contributed by atoms with Crippen LogP contribution in [-0.4, -0.2) is 96.7 Å². The SMILES string of the molecule is CCC(C)CCCCCCCCCCCCCCCCCCCCC(=O)O[C@H](COC(=O)CCCCCCCCCCCC(C)C)COP(=O)(O)OCC(O)COP(=O)(O)OC[C@@H](COC(=O)CCCCCCCCC(C)C)OC(=O)CCCCCCCCCCCCCCCCCCCCC(C)C. The number of carbonyl (C=O) groups is 4. The molecule has 17 nitrogen and oxygen atoms in total. The molecule has 0 aromatic carbocycles. The van der Waals surface area contributed by atoms with Gasteiger partial charge in [-0.05, 0) is 49.4 Å². The number of phosphoric ester groups is 2. The molecule has 0 radical (unpaired) electrons. The highest BCUT2D eigenvalue weighted by Crippen LogP contribution is 2.45. The molecule has 0 amide bonds. The maximum Gasteiger partial charge on any atom is 0.472 e. The van der Waals surface area contributed by atoms with Crippen LogP contribution in [0.1, 0.15) is 441 Å². The lowest BCUT2D eigenvalue weighted by atomic mass is 9.99. The summed E-state index contributed by atoms with van der Waals surface area (Å²) in [5.74, 6) is 1.00. The van der Waals surface area contributed by atoms with Gasteiger partial charge in [0.05, 0.1) is 26.4 Å². The summed E-state index contributed by atoms with van der Waals surface area (Å²) in [5.41, 5.74) is 0. The van der Waals surface area contributed by atoms with Gasteiger partial charge in [0.25, 0.3) is 0 Å². The summed E-state index contributed by atoms with van der Waals surface area (Å²) in [7, 11) is -9.92. The van der Waals surface area contributed by atoms with E-state index in [9.17, 15) is 43.2 Å². The smallest absolute Gasteiger partial charge is 0.462 e. The van der Waals surface area contributed by atoms with E-state index in [4.69, 9.17) is 37.0 Å². The molecule has 0 aliphatic carbocycles. The Morgan fingerprint density at radius 3 is 0.683 bits per heavy atom. The van der Waals surface area contributed by atoms with E-state index in [1.165, 1.54) is 238 Å². The van der Waals surface area contributed by atoms with Crippen LogP contribution in [-0.2, 0) is 65.4 Å². The van der Waals surface area contributed by atoms with E-state index in [2.05, 4.69) is 55.4 Å². The molecule has 104 heavy (non-hydrogen) atoms. The van der Waals surface area contributed by atoms with Gasteiger partial charge in [0.2, 0.25) is 0 Å². The summed E-state index contributed by atoms with van der Waals surface area (Å²) >= 11 is 0. The third-order valence-corrected chi connectivity index (χ3v) is 22.1. The zero-order chi connectivity index (χ0) is 76.7. The highest BCUT2D eigenvalue weighted by molar-refractivity contribution is 7.47. The first-order chi connectivity index (χ1) is 50.1. The van der Waals surface area contributed by atoms with Gasteiger partial charge in [0.1, 0.15) is 19.3 Å². The van der Waals surface area contributed by atoms with Crippen LogP contribution in [0.15, 0.2) is 0 Å². The zero-order valence-corrected chi connectivity index (χ0v) is 70.5. The summed E-state index contributed by atoms with van der Waals surface area (Å²) in [6.45, 7) is 14.3. The van der Waals surface area contributed by atoms with Crippen molar-refractivity contribution in [2.45, 2.75) is 459 Å². The maximum absolute atomic E-state index is 13.1. The van der Waals surface area contributed by atoms with E-state index in [0.717, 1.165) is 114 Å². The number of carbonyl (C=O) groups excluding carboxylic acids is 4. The molecule has 0 saturated carbocycles. The van der Waals surface area contributed by atoms with Gasteiger partial charge in [0, 0.05) is 25.7 Å². The van der Waals surface area contributed by atoms with E-state index in [1.54, 1.807) is 0 Å². The molecule has 6 atom stereocenters. The summed E-state index contributed by atoms with van der Waals surface area (Å²) in [5, 5.41) is 10.7. The summed E-state index contributed by atoms with van der Waals surface area (Å²) in [4.78, 5) is 73.1. The number of rotatable bonds is 82. The van der Waals surface area contributed by atoms with Crippen molar-refractivity contribution in [3.63, 3.8) is 0 Å². The normalized spacial score (nSPS) is 14.2. The highest BCUT2D eigenvalue weighted by Gasteiger charge is 2.30. The Labute approximate surface area is 638 Å². The molecule has 0 aromatic rings. The molecule has 19 heteroatoms. The van der Waals surface area contributed by atoms with Gasteiger partial charge in [-0.25, -0.2) is 9.13 Å². The molecule has 0 bridgehead atoms. The average molecular weight is 1520 g/mol. The first-order valence-electron chi connectivity index (χ1n) is 43.7. The van der Waals surface area contributed by atoms with Crippen LogP contribution in [0.4, 0.5) is 0 Å². The molecule has 0 aromatic heterocycles. The minimum absolute atomic E-state index is 0.107. The van der Waals surface area contributed by atoms with Crippen molar-refractivity contribution >= 4 is 39.5 Å². The number of phosphoric acid groups is 2. The lowest BCUT2D eigenvalue weighted by Crippen LogP contribution is -2.30. The van der Waals surface area contributed by atoms with Gasteiger partial charge in [-0.2, -0.15) is 0 Å². The van der Waals surface area contributed by atoms with Crippen molar-refractivity contribution in [3.05, 3.63) is 0 Å². The van der Waals surface area contributed by atoms with Gasteiger partial charge in [-0.1, -0.05) is 389 Å². The third kappa shape index (κ3) is 76.8. The van der Waals surface area contributed by atoms with E-state index >= 15 is 0 Å². The van der Waals surface area contributed by atoms with Gasteiger partial charge >= 0.3 is 39.5 Å². The van der Waals surface area contributed by atoms with Crippen LogP contribution in [0.3, 0.4) is 0 Å². The zero-order valence-electron chi connectivity index (χ0n) is 68.7. The van der Waals surface area contributed by atoms with E-state index in [1.807, 2.05) is 0 Å². The predicted molar refractivity (Wildman–Crippen MR) is 428 cm³/mol. The fourth-order valence-electron chi connectivity index (χ4n) is 13.1.